The van der Waals surface area contributed by atoms with E-state index in [2.05, 4.69) is 82.6 Å². The van der Waals surface area contributed by atoms with Gasteiger partial charge < -0.3 is 14.8 Å². The van der Waals surface area contributed by atoms with Crippen LogP contribution in [-0.4, -0.2) is 60.7 Å². The molecule has 2 atom stereocenters. The van der Waals surface area contributed by atoms with E-state index >= 15 is 0 Å². The maximum absolute atomic E-state index is 12.8. The molecule has 1 heterocycles. The number of carbonyl (C=O) groups is 3. The molecule has 1 aliphatic rings. The van der Waals surface area contributed by atoms with Crippen LogP contribution in [0.2, 0.25) is 0 Å². The average molecular weight is 783 g/mol. The molecule has 0 saturated heterocycles. The van der Waals surface area contributed by atoms with Crippen molar-refractivity contribution in [3.05, 3.63) is 191 Å². The molecule has 0 aliphatic carbocycles. The SMILES string of the molecule is COC(=O)[C@@H](CSC(c1ccccc1)(c1ccccc1)c1ccccc1)NC(=O)/C=C/c1ccc(C)cc1.COC(=O)[C@H]1CSC(/C=C/c2ccc(C)cc2)=N1. The van der Waals surface area contributed by atoms with E-state index in [1.54, 1.807) is 29.6 Å². The molecule has 56 heavy (non-hydrogen) atoms. The Balaban J connectivity index is 0.000000278. The van der Waals surface area contributed by atoms with Crippen LogP contribution < -0.4 is 5.32 Å². The molecule has 5 aromatic carbocycles. The number of carbonyl (C=O) groups excluding carboxylic acids is 3. The molecular formula is C47H46N2O5S2. The van der Waals surface area contributed by atoms with Crippen molar-refractivity contribution in [2.75, 3.05) is 25.7 Å². The van der Waals surface area contributed by atoms with Gasteiger partial charge in [0, 0.05) is 17.6 Å². The topological polar surface area (TPSA) is 94.1 Å². The molecule has 1 aliphatic heterocycles. The number of methoxy groups -OCH3 is 2. The number of amides is 1. The standard InChI is InChI=1S/C33H31NO3S.C14H15NO2S/c1-25-18-20-26(21-19-25)22-23-31(35)34-30(32(36)37-2)24-38-33(27-12-6-3-7-13-27,28-14-8-4-9-15-28)29-16-10-5-11-17-29;1-10-3-5-11(6-4-10)7-8-13-15-12(9-18-13)14(16)17-2/h3-23,30H,24H2,1-2H3,(H,34,35);3-8,12H,9H2,1-2H3/b23-22+;8-7+/t30-;12-/m11/s1. The molecule has 0 aromatic heterocycles. The molecule has 1 N–H and O–H groups in total. The minimum atomic E-state index is -0.837. The maximum Gasteiger partial charge on any atom is 0.331 e. The lowest BCUT2D eigenvalue weighted by Gasteiger charge is -2.36. The van der Waals surface area contributed by atoms with E-state index < -0.39 is 16.8 Å². The van der Waals surface area contributed by atoms with Gasteiger partial charge in [-0.05, 0) is 53.8 Å². The lowest BCUT2D eigenvalue weighted by atomic mass is 9.84. The molecule has 9 heteroatoms. The fourth-order valence-corrected chi connectivity index (χ4v) is 8.39. The van der Waals surface area contributed by atoms with Gasteiger partial charge >= 0.3 is 11.9 Å². The first-order valence-corrected chi connectivity index (χ1v) is 20.2. The van der Waals surface area contributed by atoms with Crippen LogP contribution in [0.25, 0.3) is 12.2 Å². The molecular weight excluding hydrogens is 737 g/mol. The van der Waals surface area contributed by atoms with Crippen LogP contribution in [-0.2, 0) is 28.6 Å². The molecule has 7 nitrogen and oxygen atoms in total. The molecule has 0 saturated carbocycles. The second kappa shape index (κ2) is 20.9. The molecule has 6 rings (SSSR count). The fraction of sp³-hybridized carbons (Fsp3) is 0.191. The second-order valence-corrected chi connectivity index (χ2v) is 15.3. The van der Waals surface area contributed by atoms with E-state index in [-0.39, 0.29) is 17.9 Å². The lowest BCUT2D eigenvalue weighted by molar-refractivity contribution is -0.144. The Morgan fingerprint density at radius 3 is 1.66 bits per heavy atom. The zero-order chi connectivity index (χ0) is 39.8. The third-order valence-corrected chi connectivity index (χ3v) is 11.6. The Morgan fingerprint density at radius 2 is 1.20 bits per heavy atom. The van der Waals surface area contributed by atoms with Gasteiger partial charge in [-0.15, -0.1) is 23.5 Å². The normalized spacial score (nSPS) is 14.4. The predicted octanol–water partition coefficient (Wildman–Crippen LogP) is 9.09. The summed E-state index contributed by atoms with van der Waals surface area (Å²) in [7, 11) is 2.73. The number of benzene rings is 5. The molecule has 0 spiro atoms. The summed E-state index contributed by atoms with van der Waals surface area (Å²) in [6, 6.07) is 45.6. The van der Waals surface area contributed by atoms with E-state index in [4.69, 9.17) is 4.74 Å². The number of hydrogen-bond donors (Lipinski definition) is 1. The Bertz CT molecular complexity index is 2020. The van der Waals surface area contributed by atoms with Crippen molar-refractivity contribution >= 4 is 58.6 Å². The number of ether oxygens (including phenoxy) is 2. The minimum absolute atomic E-state index is 0.263. The summed E-state index contributed by atoms with van der Waals surface area (Å²) in [6.07, 6.45) is 7.13. The number of thioether (sulfide) groups is 2. The summed E-state index contributed by atoms with van der Waals surface area (Å²) in [5, 5.41) is 3.74. The third-order valence-electron chi connectivity index (χ3n) is 8.96. The molecule has 1 amide bonds. The zero-order valence-electron chi connectivity index (χ0n) is 32.0. The zero-order valence-corrected chi connectivity index (χ0v) is 33.6. The van der Waals surface area contributed by atoms with Crippen molar-refractivity contribution in [2.24, 2.45) is 4.99 Å². The van der Waals surface area contributed by atoms with Crippen molar-refractivity contribution in [3.8, 4) is 0 Å². The van der Waals surface area contributed by atoms with Crippen molar-refractivity contribution in [1.29, 1.82) is 0 Å². The van der Waals surface area contributed by atoms with E-state index in [1.165, 1.54) is 25.9 Å². The summed E-state index contributed by atoms with van der Waals surface area (Å²) >= 11 is 3.18. The summed E-state index contributed by atoms with van der Waals surface area (Å²) in [5.41, 5.74) is 7.67. The first-order chi connectivity index (χ1) is 27.2. The van der Waals surface area contributed by atoms with E-state index in [9.17, 15) is 14.4 Å². The predicted molar refractivity (Wildman–Crippen MR) is 232 cm³/mol. The quantitative estimate of drug-likeness (QED) is 0.0724. The fourth-order valence-electron chi connectivity index (χ4n) is 5.94. The van der Waals surface area contributed by atoms with Crippen molar-refractivity contribution in [3.63, 3.8) is 0 Å². The summed E-state index contributed by atoms with van der Waals surface area (Å²) in [6.45, 7) is 4.07. The van der Waals surface area contributed by atoms with Gasteiger partial charge in [-0.2, -0.15) is 0 Å². The Morgan fingerprint density at radius 1 is 0.714 bits per heavy atom. The highest BCUT2D eigenvalue weighted by molar-refractivity contribution is 8.14. The maximum atomic E-state index is 12.8. The Hall–Kier alpha value is -5.64. The van der Waals surface area contributed by atoms with E-state index in [0.29, 0.717) is 11.5 Å². The van der Waals surface area contributed by atoms with Crippen molar-refractivity contribution in [1.82, 2.24) is 5.32 Å². The van der Waals surface area contributed by atoms with Crippen LogP contribution in [0, 0.1) is 13.8 Å². The summed E-state index contributed by atoms with van der Waals surface area (Å²) in [5.74, 6) is -0.138. The Kier molecular flexibility index (Phi) is 15.5. The van der Waals surface area contributed by atoms with E-state index in [1.807, 2.05) is 97.9 Å². The van der Waals surface area contributed by atoms with Gasteiger partial charge in [-0.25, -0.2) is 9.59 Å². The Labute approximate surface area is 338 Å². The van der Waals surface area contributed by atoms with Crippen molar-refractivity contribution in [2.45, 2.75) is 30.7 Å². The number of esters is 2. The number of aliphatic imine (C=N–C) groups is 1. The summed E-state index contributed by atoms with van der Waals surface area (Å²) in [4.78, 5) is 41.3. The highest BCUT2D eigenvalue weighted by Gasteiger charge is 2.38. The van der Waals surface area contributed by atoms with Crippen LogP contribution in [0.5, 0.6) is 0 Å². The molecule has 0 radical (unpaired) electrons. The average Bonchev–Trinajstić information content (AvgIpc) is 3.73. The number of nitrogens with one attached hydrogen (secondary N) is 1. The van der Waals surface area contributed by atoms with Gasteiger partial charge in [0.25, 0.3) is 0 Å². The van der Waals surface area contributed by atoms with Gasteiger partial charge in [-0.1, -0.05) is 157 Å². The molecule has 0 unspecified atom stereocenters. The number of nitrogens with zero attached hydrogens (tertiary/aromatic N) is 1. The van der Waals surface area contributed by atoms with Gasteiger partial charge in [0.2, 0.25) is 5.91 Å². The highest BCUT2D eigenvalue weighted by Crippen LogP contribution is 2.48. The first-order valence-electron chi connectivity index (χ1n) is 18.2. The minimum Gasteiger partial charge on any atom is -0.467 e. The van der Waals surface area contributed by atoms with Gasteiger partial charge in [0.05, 0.1) is 24.0 Å². The molecule has 0 bridgehead atoms. The number of aryl methyl sites for hydroxylation is 2. The van der Waals surface area contributed by atoms with Crippen LogP contribution >= 0.6 is 23.5 Å². The molecule has 5 aromatic rings. The van der Waals surface area contributed by atoms with Crippen molar-refractivity contribution < 1.29 is 23.9 Å². The second-order valence-electron chi connectivity index (χ2n) is 13.0. The highest BCUT2D eigenvalue weighted by atomic mass is 32.2. The monoisotopic (exact) mass is 782 g/mol. The van der Waals surface area contributed by atoms with Crippen LogP contribution in [0.4, 0.5) is 0 Å². The lowest BCUT2D eigenvalue weighted by Crippen LogP contribution is -2.43. The first kappa shape index (κ1) is 41.5. The number of hydrogen-bond acceptors (Lipinski definition) is 8. The van der Waals surface area contributed by atoms with Gasteiger partial charge in [-0.3, -0.25) is 9.79 Å². The number of rotatable bonds is 13. The third kappa shape index (κ3) is 11.4. The van der Waals surface area contributed by atoms with Crippen LogP contribution in [0.3, 0.4) is 0 Å². The van der Waals surface area contributed by atoms with Gasteiger partial charge in [0.1, 0.15) is 6.04 Å². The van der Waals surface area contributed by atoms with E-state index in [0.717, 1.165) is 38.4 Å². The smallest absolute Gasteiger partial charge is 0.331 e. The van der Waals surface area contributed by atoms with Crippen LogP contribution in [0.1, 0.15) is 38.9 Å². The molecule has 0 fully saturated rings. The van der Waals surface area contributed by atoms with Gasteiger partial charge in [0.15, 0.2) is 6.04 Å². The summed E-state index contributed by atoms with van der Waals surface area (Å²) < 4.78 is 9.14. The molecule has 286 valence electrons. The largest absolute Gasteiger partial charge is 0.467 e. The van der Waals surface area contributed by atoms with Crippen LogP contribution in [0.15, 0.2) is 157 Å².